The van der Waals surface area contributed by atoms with Gasteiger partial charge in [-0.25, -0.2) is 18.7 Å². The van der Waals surface area contributed by atoms with Crippen LogP contribution in [0.2, 0.25) is 0 Å². The van der Waals surface area contributed by atoms with E-state index in [1.54, 1.807) is 12.3 Å². The van der Waals surface area contributed by atoms with Gasteiger partial charge in [0.05, 0.1) is 12.2 Å². The van der Waals surface area contributed by atoms with Crippen molar-refractivity contribution in [1.82, 2.24) is 14.6 Å². The molecule has 0 spiro atoms. The molecule has 3 aromatic rings. The summed E-state index contributed by atoms with van der Waals surface area (Å²) in [5, 5.41) is 16.4. The molecule has 3 heterocycles. The van der Waals surface area contributed by atoms with Gasteiger partial charge in [0, 0.05) is 23.7 Å². The number of halogens is 1. The Labute approximate surface area is 148 Å². The summed E-state index contributed by atoms with van der Waals surface area (Å²) in [4.78, 5) is 15.6. The van der Waals surface area contributed by atoms with Crippen molar-refractivity contribution in [3.05, 3.63) is 53.1 Å². The third-order valence-electron chi connectivity index (χ3n) is 4.42. The summed E-state index contributed by atoms with van der Waals surface area (Å²) in [7, 11) is 0. The Balaban J connectivity index is 1.67. The predicted molar refractivity (Wildman–Crippen MR) is 92.2 cm³/mol. The topological polar surface area (TPSA) is 88.8 Å². The molecular weight excluding hydrogens is 339 g/mol. The van der Waals surface area contributed by atoms with Crippen LogP contribution in [0.5, 0.6) is 5.75 Å². The van der Waals surface area contributed by atoms with Gasteiger partial charge in [-0.1, -0.05) is 0 Å². The van der Waals surface area contributed by atoms with Crippen molar-refractivity contribution in [3.63, 3.8) is 0 Å². The first-order chi connectivity index (χ1) is 12.4. The molecular formula is C18H17FN4O3. The van der Waals surface area contributed by atoms with Crippen molar-refractivity contribution in [1.29, 1.82) is 0 Å². The second-order valence-electron chi connectivity index (χ2n) is 6.43. The fourth-order valence-corrected chi connectivity index (χ4v) is 3.24. The summed E-state index contributed by atoms with van der Waals surface area (Å²) < 4.78 is 21.2. The maximum Gasteiger partial charge on any atom is 0.341 e. The van der Waals surface area contributed by atoms with E-state index < -0.39 is 5.97 Å². The van der Waals surface area contributed by atoms with Gasteiger partial charge in [0.25, 0.3) is 0 Å². The number of hydrogen-bond acceptors (Lipinski definition) is 5. The Kier molecular flexibility index (Phi) is 3.75. The first kappa shape index (κ1) is 16.3. The standard InChI is InChI=1S/C18H17FN4O3/c1-9-5-11-6-12(19)7-13(16(11)26-9)10(2)21-15-3-4-23-17(22-15)14(8-20-23)18(24)25/h3-4,6-10H,5H2,1-2H3,(H,21,22)(H,24,25). The molecule has 2 atom stereocenters. The zero-order chi connectivity index (χ0) is 18.4. The van der Waals surface area contributed by atoms with E-state index in [1.165, 1.54) is 22.8 Å². The van der Waals surface area contributed by atoms with E-state index in [-0.39, 0.29) is 29.2 Å². The zero-order valence-electron chi connectivity index (χ0n) is 14.2. The molecule has 0 saturated carbocycles. The number of rotatable bonds is 4. The number of aromatic nitrogens is 3. The average Bonchev–Trinajstić information content (AvgIpc) is 3.16. The van der Waals surface area contributed by atoms with Crippen molar-refractivity contribution >= 4 is 17.4 Å². The molecule has 26 heavy (non-hydrogen) atoms. The molecule has 0 radical (unpaired) electrons. The van der Waals surface area contributed by atoms with Gasteiger partial charge in [-0.05, 0) is 32.0 Å². The number of ether oxygens (including phenoxy) is 1. The number of nitrogens with one attached hydrogen (secondary N) is 1. The normalized spacial score (nSPS) is 17.0. The Morgan fingerprint density at radius 3 is 3.08 bits per heavy atom. The van der Waals surface area contributed by atoms with Gasteiger partial charge in [0.2, 0.25) is 0 Å². The second kappa shape index (κ2) is 5.98. The number of aromatic carboxylic acids is 1. The van der Waals surface area contributed by atoms with Crippen LogP contribution in [0, 0.1) is 5.82 Å². The Bertz CT molecular complexity index is 1020. The highest BCUT2D eigenvalue weighted by molar-refractivity contribution is 5.94. The largest absolute Gasteiger partial charge is 0.490 e. The highest BCUT2D eigenvalue weighted by Gasteiger charge is 2.26. The maximum atomic E-state index is 14.0. The molecule has 0 bridgehead atoms. The van der Waals surface area contributed by atoms with Gasteiger partial charge in [-0.3, -0.25) is 0 Å². The lowest BCUT2D eigenvalue weighted by Crippen LogP contribution is -2.11. The molecule has 0 amide bonds. The molecule has 1 aliphatic heterocycles. The number of carboxylic acid groups (broad SMARTS) is 1. The summed E-state index contributed by atoms with van der Waals surface area (Å²) in [5.41, 5.74) is 1.82. The number of benzene rings is 1. The summed E-state index contributed by atoms with van der Waals surface area (Å²) in [6, 6.07) is 4.36. The van der Waals surface area contributed by atoms with Crippen LogP contribution in [0.3, 0.4) is 0 Å². The molecule has 0 saturated heterocycles. The quantitative estimate of drug-likeness (QED) is 0.747. The van der Waals surface area contributed by atoms with E-state index in [4.69, 9.17) is 4.74 Å². The number of anilines is 1. The van der Waals surface area contributed by atoms with Gasteiger partial charge >= 0.3 is 5.97 Å². The summed E-state index contributed by atoms with van der Waals surface area (Å²) in [6.07, 6.45) is 3.57. The fourth-order valence-electron chi connectivity index (χ4n) is 3.24. The monoisotopic (exact) mass is 356 g/mol. The lowest BCUT2D eigenvalue weighted by molar-refractivity contribution is 0.0698. The van der Waals surface area contributed by atoms with Crippen LogP contribution in [0.4, 0.5) is 10.2 Å². The zero-order valence-corrected chi connectivity index (χ0v) is 14.2. The third-order valence-corrected chi connectivity index (χ3v) is 4.42. The first-order valence-corrected chi connectivity index (χ1v) is 8.25. The molecule has 2 unspecified atom stereocenters. The Morgan fingerprint density at radius 2 is 2.31 bits per heavy atom. The highest BCUT2D eigenvalue weighted by atomic mass is 19.1. The summed E-state index contributed by atoms with van der Waals surface area (Å²) >= 11 is 0. The number of hydrogen-bond donors (Lipinski definition) is 2. The van der Waals surface area contributed by atoms with E-state index in [2.05, 4.69) is 15.4 Å². The van der Waals surface area contributed by atoms with Gasteiger partial charge < -0.3 is 15.2 Å². The number of nitrogens with zero attached hydrogens (tertiary/aromatic N) is 3. The van der Waals surface area contributed by atoms with Crippen LogP contribution in [-0.4, -0.2) is 31.8 Å². The molecule has 7 nitrogen and oxygen atoms in total. The molecule has 0 aliphatic carbocycles. The fraction of sp³-hybridized carbons (Fsp3) is 0.278. The molecule has 1 aromatic carbocycles. The minimum Gasteiger partial charge on any atom is -0.490 e. The molecule has 134 valence electrons. The first-order valence-electron chi connectivity index (χ1n) is 8.25. The van der Waals surface area contributed by atoms with Crippen molar-refractivity contribution in [2.75, 3.05) is 5.32 Å². The van der Waals surface area contributed by atoms with Crippen LogP contribution in [0.25, 0.3) is 5.65 Å². The van der Waals surface area contributed by atoms with Gasteiger partial charge in [-0.2, -0.15) is 5.10 Å². The summed E-state index contributed by atoms with van der Waals surface area (Å²) in [6.45, 7) is 3.82. The molecule has 2 N–H and O–H groups in total. The lowest BCUT2D eigenvalue weighted by atomic mass is 10.0. The van der Waals surface area contributed by atoms with Crippen LogP contribution in [0.1, 0.15) is 41.4 Å². The van der Waals surface area contributed by atoms with Crippen LogP contribution < -0.4 is 10.1 Å². The van der Waals surface area contributed by atoms with Crippen molar-refractivity contribution in [2.24, 2.45) is 0 Å². The van der Waals surface area contributed by atoms with Crippen LogP contribution in [-0.2, 0) is 6.42 Å². The SMILES string of the molecule is CC1Cc2cc(F)cc(C(C)Nc3ccn4ncc(C(=O)O)c4n3)c2O1. The smallest absolute Gasteiger partial charge is 0.341 e. The van der Waals surface area contributed by atoms with E-state index in [1.807, 2.05) is 13.8 Å². The van der Waals surface area contributed by atoms with Crippen molar-refractivity contribution in [2.45, 2.75) is 32.4 Å². The van der Waals surface area contributed by atoms with Gasteiger partial charge in [0.15, 0.2) is 5.65 Å². The number of carbonyl (C=O) groups is 1. The van der Waals surface area contributed by atoms with Crippen molar-refractivity contribution in [3.8, 4) is 5.75 Å². The minimum absolute atomic E-state index is 0.0112. The van der Waals surface area contributed by atoms with E-state index in [0.717, 1.165) is 5.56 Å². The Morgan fingerprint density at radius 1 is 1.50 bits per heavy atom. The second-order valence-corrected chi connectivity index (χ2v) is 6.43. The van der Waals surface area contributed by atoms with E-state index in [9.17, 15) is 14.3 Å². The van der Waals surface area contributed by atoms with Crippen LogP contribution in [0.15, 0.2) is 30.6 Å². The van der Waals surface area contributed by atoms with Gasteiger partial charge in [-0.15, -0.1) is 0 Å². The van der Waals surface area contributed by atoms with Gasteiger partial charge in [0.1, 0.15) is 29.1 Å². The molecule has 8 heteroatoms. The average molecular weight is 356 g/mol. The Hall–Kier alpha value is -3.16. The highest BCUT2D eigenvalue weighted by Crippen LogP contribution is 2.37. The maximum absolute atomic E-state index is 14.0. The van der Waals surface area contributed by atoms with Crippen molar-refractivity contribution < 1.29 is 19.0 Å². The van der Waals surface area contributed by atoms with E-state index >= 15 is 0 Å². The molecule has 4 rings (SSSR count). The van der Waals surface area contributed by atoms with E-state index in [0.29, 0.717) is 23.6 Å². The number of fused-ring (bicyclic) bond motifs is 2. The number of carboxylic acids is 1. The third kappa shape index (κ3) is 2.73. The molecule has 0 fully saturated rings. The lowest BCUT2D eigenvalue weighted by Gasteiger charge is -2.18. The molecule has 2 aromatic heterocycles. The summed E-state index contributed by atoms with van der Waals surface area (Å²) in [5.74, 6) is -0.229. The predicted octanol–water partition coefficient (Wildman–Crippen LogP) is 3.06. The minimum atomic E-state index is -1.09. The van der Waals surface area contributed by atoms with Crippen LogP contribution >= 0.6 is 0 Å². The molecule has 1 aliphatic rings.